The molecule has 0 bridgehead atoms. The van der Waals surface area contributed by atoms with Crippen LogP contribution in [0.3, 0.4) is 0 Å². The van der Waals surface area contributed by atoms with Crippen molar-refractivity contribution in [1.29, 1.82) is 0 Å². The predicted molar refractivity (Wildman–Crippen MR) is 88.9 cm³/mol. The topological polar surface area (TPSA) is 0 Å². The van der Waals surface area contributed by atoms with Crippen LogP contribution < -0.4 is 0 Å². The van der Waals surface area contributed by atoms with Gasteiger partial charge in [0, 0.05) is 0 Å². The van der Waals surface area contributed by atoms with E-state index in [9.17, 15) is 0 Å². The van der Waals surface area contributed by atoms with Gasteiger partial charge in [-0.05, 0) is 0 Å². The van der Waals surface area contributed by atoms with Crippen LogP contribution in [0.5, 0.6) is 0 Å². The Hall–Kier alpha value is 0.344. The molecule has 1 rings (SSSR count). The van der Waals surface area contributed by atoms with Gasteiger partial charge in [0.05, 0.1) is 0 Å². The Bertz CT molecular complexity index is 331. The van der Waals surface area contributed by atoms with E-state index < -0.39 is 18.4 Å². The summed E-state index contributed by atoms with van der Waals surface area (Å²) in [4.78, 5) is 0. The summed E-state index contributed by atoms with van der Waals surface area (Å²) in [6.07, 6.45) is 3.86. The molecule has 0 aromatic rings. The fourth-order valence-corrected chi connectivity index (χ4v) is 19.1. The quantitative estimate of drug-likeness (QED) is 0.564. The SMILES string of the molecule is CCB1C(CC)=[C](C)[Sn]([CH2]C)([CH2]C)[C](C)=C1CC. The van der Waals surface area contributed by atoms with E-state index >= 15 is 0 Å². The molecular weight excluding hydrogens is 322 g/mol. The molecule has 1 aliphatic rings. The zero-order valence-electron chi connectivity index (χ0n) is 13.6. The molecule has 0 aromatic heterocycles. The minimum atomic E-state index is -2.16. The summed E-state index contributed by atoms with van der Waals surface area (Å²) in [5.41, 5.74) is 3.67. The van der Waals surface area contributed by atoms with Gasteiger partial charge in [0.25, 0.3) is 0 Å². The van der Waals surface area contributed by atoms with Gasteiger partial charge >= 0.3 is 120 Å². The maximum absolute atomic E-state index is 2.50. The molecule has 2 heteroatoms. The van der Waals surface area contributed by atoms with Crippen molar-refractivity contribution < 1.29 is 0 Å². The monoisotopic (exact) mass is 354 g/mol. The first-order chi connectivity index (χ1) is 8.53. The molecule has 0 saturated carbocycles. The van der Waals surface area contributed by atoms with Gasteiger partial charge in [-0.3, -0.25) is 0 Å². The molecule has 0 unspecified atom stereocenters. The van der Waals surface area contributed by atoms with Crippen LogP contribution in [0, 0.1) is 0 Å². The molecular formula is C16H31BSn. The van der Waals surface area contributed by atoms with Crippen molar-refractivity contribution in [1.82, 2.24) is 0 Å². The van der Waals surface area contributed by atoms with E-state index in [1.807, 2.05) is 18.1 Å². The van der Waals surface area contributed by atoms with E-state index in [1.54, 1.807) is 0 Å². The van der Waals surface area contributed by atoms with Crippen LogP contribution >= 0.6 is 0 Å². The Kier molecular flexibility index (Phi) is 6.08. The van der Waals surface area contributed by atoms with Crippen LogP contribution in [0.25, 0.3) is 0 Å². The van der Waals surface area contributed by atoms with Gasteiger partial charge in [-0.25, -0.2) is 0 Å². The average Bonchev–Trinajstić information content (AvgIpc) is 2.39. The molecule has 0 nitrogen and oxygen atoms in total. The summed E-state index contributed by atoms with van der Waals surface area (Å²) in [5.74, 6) is 0. The van der Waals surface area contributed by atoms with Crippen molar-refractivity contribution in [3.63, 3.8) is 0 Å². The molecule has 0 aliphatic carbocycles. The van der Waals surface area contributed by atoms with Crippen LogP contribution in [-0.4, -0.2) is 25.1 Å². The van der Waals surface area contributed by atoms with Gasteiger partial charge in [0.1, 0.15) is 0 Å². The van der Waals surface area contributed by atoms with E-state index in [2.05, 4.69) is 48.5 Å². The first kappa shape index (κ1) is 16.4. The third-order valence-electron chi connectivity index (χ3n) is 5.62. The molecule has 0 atom stereocenters. The van der Waals surface area contributed by atoms with E-state index in [-0.39, 0.29) is 0 Å². The Labute approximate surface area is 119 Å². The number of hydrogen-bond acceptors (Lipinski definition) is 0. The van der Waals surface area contributed by atoms with Gasteiger partial charge in [0.15, 0.2) is 0 Å². The van der Waals surface area contributed by atoms with E-state index in [0.29, 0.717) is 0 Å². The van der Waals surface area contributed by atoms with Gasteiger partial charge in [-0.2, -0.15) is 0 Å². The zero-order chi connectivity index (χ0) is 13.9. The van der Waals surface area contributed by atoms with Gasteiger partial charge in [-0.1, -0.05) is 0 Å². The number of allylic oxidation sites excluding steroid dienone is 4. The molecule has 0 N–H and O–H groups in total. The maximum atomic E-state index is 2.50. The Morgan fingerprint density at radius 2 is 1.17 bits per heavy atom. The van der Waals surface area contributed by atoms with Gasteiger partial charge in [-0.15, -0.1) is 0 Å². The summed E-state index contributed by atoms with van der Waals surface area (Å²) in [7, 11) is 0. The van der Waals surface area contributed by atoms with Crippen molar-refractivity contribution >= 4 is 25.1 Å². The number of rotatable bonds is 5. The predicted octanol–water partition coefficient (Wildman–Crippen LogP) is 5.61. The number of hydrogen-bond donors (Lipinski definition) is 0. The van der Waals surface area contributed by atoms with Crippen LogP contribution in [-0.2, 0) is 0 Å². The van der Waals surface area contributed by atoms with Crippen LogP contribution in [0.15, 0.2) is 18.1 Å². The Balaban J connectivity index is 3.48. The summed E-state index contributed by atoms with van der Waals surface area (Å²) in [6, 6.07) is 0. The Morgan fingerprint density at radius 3 is 1.39 bits per heavy atom. The normalized spacial score (nSPS) is 19.8. The second-order valence-corrected chi connectivity index (χ2v) is 20.3. The molecule has 18 heavy (non-hydrogen) atoms. The van der Waals surface area contributed by atoms with Crippen molar-refractivity contribution in [2.45, 2.75) is 76.5 Å². The molecule has 1 aliphatic heterocycles. The third kappa shape index (κ3) is 2.36. The molecule has 0 amide bonds. The first-order valence-electron chi connectivity index (χ1n) is 7.94. The minimum absolute atomic E-state index is 0.780. The molecule has 0 fully saturated rings. The van der Waals surface area contributed by atoms with Crippen LogP contribution in [0.1, 0.15) is 61.3 Å². The van der Waals surface area contributed by atoms with E-state index in [4.69, 9.17) is 0 Å². The second kappa shape index (κ2) is 6.68. The van der Waals surface area contributed by atoms with Gasteiger partial charge < -0.3 is 0 Å². The van der Waals surface area contributed by atoms with Crippen molar-refractivity contribution in [2.24, 2.45) is 0 Å². The standard InChI is InChI=1S/C12H21B.2C2H5.Sn/c1-6-11(7-2)13(10-5)12(8-3)9-4;2*1-2;/h6,8,10H2,1-5H3;2*1H2,2H3;. The first-order valence-corrected chi connectivity index (χ1v) is 14.8. The van der Waals surface area contributed by atoms with Crippen LogP contribution in [0.4, 0.5) is 0 Å². The molecule has 102 valence electrons. The third-order valence-corrected chi connectivity index (χ3v) is 22.5. The summed E-state index contributed by atoms with van der Waals surface area (Å²) in [5, 5.41) is 0. The van der Waals surface area contributed by atoms with Crippen molar-refractivity contribution in [2.75, 3.05) is 0 Å². The van der Waals surface area contributed by atoms with E-state index in [1.165, 1.54) is 28.0 Å². The van der Waals surface area contributed by atoms with E-state index in [0.717, 1.165) is 6.71 Å². The van der Waals surface area contributed by atoms with Crippen molar-refractivity contribution in [3.05, 3.63) is 18.1 Å². The Morgan fingerprint density at radius 1 is 0.778 bits per heavy atom. The molecule has 0 radical (unpaired) electrons. The summed E-state index contributed by atoms with van der Waals surface area (Å²) >= 11 is -2.16. The fraction of sp³-hybridized carbons (Fsp3) is 0.750. The van der Waals surface area contributed by atoms with Crippen molar-refractivity contribution in [3.8, 4) is 0 Å². The van der Waals surface area contributed by atoms with Crippen LogP contribution in [0.2, 0.25) is 15.2 Å². The molecule has 0 spiro atoms. The molecule has 0 saturated heterocycles. The van der Waals surface area contributed by atoms with Gasteiger partial charge in [0.2, 0.25) is 0 Å². The summed E-state index contributed by atoms with van der Waals surface area (Å²) in [6.45, 7) is 17.8. The molecule has 0 aromatic carbocycles. The average molecular weight is 353 g/mol. The summed E-state index contributed by atoms with van der Waals surface area (Å²) < 4.78 is 6.73. The fourth-order valence-electron chi connectivity index (χ4n) is 4.46. The molecule has 1 heterocycles. The second-order valence-electron chi connectivity index (χ2n) is 5.76. The zero-order valence-corrected chi connectivity index (χ0v) is 16.5.